The largest absolute Gasteiger partial charge is 0.293 e. The van der Waals surface area contributed by atoms with Crippen molar-refractivity contribution >= 4 is 5.57 Å². The van der Waals surface area contributed by atoms with Gasteiger partial charge in [-0.2, -0.15) is 4.57 Å². The number of aryl methyl sites for hydroxylation is 1. The van der Waals surface area contributed by atoms with E-state index in [1.54, 1.807) is 16.7 Å². The molecule has 0 atom stereocenters. The fourth-order valence-corrected chi connectivity index (χ4v) is 8.38. The second-order valence-electron chi connectivity index (χ2n) is 13.6. The highest BCUT2D eigenvalue weighted by Gasteiger charge is 2.33. The van der Waals surface area contributed by atoms with E-state index >= 15 is 0 Å². The molecule has 8 rings (SSSR count). The van der Waals surface area contributed by atoms with Crippen LogP contribution in [0, 0.1) is 0 Å². The van der Waals surface area contributed by atoms with E-state index in [1.165, 1.54) is 116 Å². The van der Waals surface area contributed by atoms with Gasteiger partial charge >= 0.3 is 0 Å². The third-order valence-electron chi connectivity index (χ3n) is 10.4. The van der Waals surface area contributed by atoms with Crippen molar-refractivity contribution in [2.24, 2.45) is 7.05 Å². The van der Waals surface area contributed by atoms with Crippen molar-refractivity contribution in [3.63, 3.8) is 0 Å². The Morgan fingerprint density at radius 2 is 1.39 bits per heavy atom. The van der Waals surface area contributed by atoms with Crippen molar-refractivity contribution < 1.29 is 4.57 Å². The predicted molar refractivity (Wildman–Crippen MR) is 197 cm³/mol. The highest BCUT2D eigenvalue weighted by atomic mass is 15.1. The molecule has 4 aliphatic carbocycles. The zero-order valence-electron chi connectivity index (χ0n) is 29.1. The van der Waals surface area contributed by atoms with Gasteiger partial charge in [-0.1, -0.05) is 114 Å². The molecule has 2 saturated carbocycles. The van der Waals surface area contributed by atoms with Crippen LogP contribution in [0.4, 0.5) is 0 Å². The van der Waals surface area contributed by atoms with Gasteiger partial charge in [0.2, 0.25) is 0 Å². The van der Waals surface area contributed by atoms with E-state index in [-0.39, 0.29) is 0 Å². The van der Waals surface area contributed by atoms with Crippen LogP contribution in [0.25, 0.3) is 33.8 Å². The zero-order chi connectivity index (χ0) is 32.0. The molecular weight excluding hydrogens is 556 g/mol. The van der Waals surface area contributed by atoms with Crippen LogP contribution in [-0.2, 0) is 13.5 Å². The summed E-state index contributed by atoms with van der Waals surface area (Å²) in [5.74, 6) is 2.57. The molecule has 4 aromatic rings. The molecule has 0 amide bonds. The summed E-state index contributed by atoms with van der Waals surface area (Å²) in [5, 5.41) is 0. The van der Waals surface area contributed by atoms with Crippen LogP contribution in [0.5, 0.6) is 0 Å². The number of hydrogen-bond donors (Lipinski definition) is 0. The maximum absolute atomic E-state index is 2.58. The topological polar surface area (TPSA) is 8.81 Å². The average molecular weight is 612 g/mol. The highest BCUT2D eigenvalue weighted by molar-refractivity contribution is 5.85. The van der Waals surface area contributed by atoms with Crippen LogP contribution in [0.15, 0.2) is 90.8 Å². The molecule has 4 aliphatic rings. The maximum atomic E-state index is 2.58. The molecule has 0 unspecified atom stereocenters. The Morgan fingerprint density at radius 1 is 0.761 bits per heavy atom. The SMILES string of the molecule is CC.CCC.C[n+]1ccn(-c2c(C3CCCC3)cc(-c3ccccc3)cc2C2CCCC2)c1-c1ccc2c(c1)C1=C(CCC=C1)C2. The summed E-state index contributed by atoms with van der Waals surface area (Å²) in [5.41, 5.74) is 14.8. The molecule has 0 saturated heterocycles. The van der Waals surface area contributed by atoms with Crippen LogP contribution >= 0.6 is 0 Å². The Bertz CT molecular complexity index is 1650. The van der Waals surface area contributed by atoms with Gasteiger partial charge in [0, 0.05) is 11.1 Å². The lowest BCUT2D eigenvalue weighted by molar-refractivity contribution is -0.659. The first-order valence-corrected chi connectivity index (χ1v) is 18.5. The van der Waals surface area contributed by atoms with Crippen molar-refractivity contribution in [3.05, 3.63) is 113 Å². The van der Waals surface area contributed by atoms with E-state index in [0.717, 1.165) is 6.42 Å². The van der Waals surface area contributed by atoms with E-state index < -0.39 is 0 Å². The van der Waals surface area contributed by atoms with Crippen LogP contribution in [0.1, 0.15) is 132 Å². The quantitative estimate of drug-likeness (QED) is 0.199. The standard InChI is InChI=1S/C39H41N2.C3H8.C2H6/c1-40-21-22-41(39(40)32-20-19-31-23-30-17-9-10-18-34(30)35(31)24-32)38-36(28-13-5-6-14-28)25-33(27-11-3-2-4-12-27)26-37(38)29-15-7-8-16-29;1-3-2;1-2/h2-4,10-12,18-22,24-26,28-29H,5-9,13-17,23H2,1H3;3H2,1-2H3;1-2H3/q+1;;. The number of imidazole rings is 1. The minimum absolute atomic E-state index is 0.634. The fourth-order valence-electron chi connectivity index (χ4n) is 8.38. The monoisotopic (exact) mass is 611 g/mol. The molecule has 240 valence electrons. The van der Waals surface area contributed by atoms with Gasteiger partial charge in [0.25, 0.3) is 5.82 Å². The molecule has 2 heteroatoms. The molecule has 0 spiro atoms. The van der Waals surface area contributed by atoms with Crippen molar-refractivity contribution in [2.75, 3.05) is 0 Å². The zero-order valence-corrected chi connectivity index (χ0v) is 29.1. The molecule has 3 aromatic carbocycles. The minimum Gasteiger partial charge on any atom is -0.232 e. The van der Waals surface area contributed by atoms with Crippen molar-refractivity contribution in [2.45, 2.75) is 117 Å². The highest BCUT2D eigenvalue weighted by Crippen LogP contribution is 2.47. The Labute approximate surface area is 278 Å². The number of nitrogens with zero attached hydrogens (tertiary/aromatic N) is 2. The molecule has 0 N–H and O–H groups in total. The van der Waals surface area contributed by atoms with Crippen molar-refractivity contribution in [1.82, 2.24) is 4.57 Å². The predicted octanol–water partition coefficient (Wildman–Crippen LogP) is 12.1. The Kier molecular flexibility index (Phi) is 10.4. The molecule has 1 heterocycles. The van der Waals surface area contributed by atoms with Crippen LogP contribution in [-0.4, -0.2) is 4.57 Å². The van der Waals surface area contributed by atoms with Gasteiger partial charge in [-0.05, 0) is 109 Å². The third kappa shape index (κ3) is 6.33. The number of benzene rings is 3. The van der Waals surface area contributed by atoms with Crippen molar-refractivity contribution in [3.8, 4) is 28.2 Å². The first kappa shape index (κ1) is 32.3. The second-order valence-corrected chi connectivity index (χ2v) is 13.6. The summed E-state index contributed by atoms with van der Waals surface area (Å²) in [6.07, 6.45) is 24.8. The third-order valence-corrected chi connectivity index (χ3v) is 10.4. The lowest BCUT2D eigenvalue weighted by atomic mass is 9.84. The van der Waals surface area contributed by atoms with Gasteiger partial charge in [-0.3, -0.25) is 0 Å². The first-order valence-electron chi connectivity index (χ1n) is 18.5. The summed E-state index contributed by atoms with van der Waals surface area (Å²) in [6.45, 7) is 8.25. The Morgan fingerprint density at radius 3 is 2.02 bits per heavy atom. The van der Waals surface area contributed by atoms with Gasteiger partial charge in [-0.25, -0.2) is 4.57 Å². The summed E-state index contributed by atoms with van der Waals surface area (Å²) in [4.78, 5) is 0. The van der Waals surface area contributed by atoms with Gasteiger partial charge in [0.1, 0.15) is 18.1 Å². The maximum Gasteiger partial charge on any atom is 0.293 e. The number of rotatable bonds is 5. The van der Waals surface area contributed by atoms with Crippen LogP contribution in [0.2, 0.25) is 0 Å². The summed E-state index contributed by atoms with van der Waals surface area (Å²) in [7, 11) is 2.23. The molecule has 2 nitrogen and oxygen atoms in total. The summed E-state index contributed by atoms with van der Waals surface area (Å²) < 4.78 is 4.93. The fraction of sp³-hybridized carbons (Fsp3) is 0.432. The second kappa shape index (κ2) is 14.8. The lowest BCUT2D eigenvalue weighted by Crippen LogP contribution is -2.29. The van der Waals surface area contributed by atoms with E-state index in [2.05, 4.69) is 115 Å². The minimum atomic E-state index is 0.634. The number of hydrogen-bond acceptors (Lipinski definition) is 0. The molecule has 2 fully saturated rings. The Hall–Kier alpha value is -3.65. The summed E-state index contributed by atoms with van der Waals surface area (Å²) in [6, 6.07) is 23.5. The van der Waals surface area contributed by atoms with Gasteiger partial charge in [-0.15, -0.1) is 0 Å². The van der Waals surface area contributed by atoms with Crippen molar-refractivity contribution in [1.29, 1.82) is 0 Å². The Balaban J connectivity index is 0.000000704. The van der Waals surface area contributed by atoms with E-state index in [0.29, 0.717) is 11.8 Å². The number of aromatic nitrogens is 2. The van der Waals surface area contributed by atoms with Gasteiger partial charge < -0.3 is 0 Å². The first-order chi connectivity index (χ1) is 22.7. The van der Waals surface area contributed by atoms with Crippen LogP contribution in [0.3, 0.4) is 0 Å². The van der Waals surface area contributed by atoms with Crippen LogP contribution < -0.4 is 4.57 Å². The van der Waals surface area contributed by atoms with Gasteiger partial charge in [0.15, 0.2) is 0 Å². The molecule has 0 bridgehead atoms. The lowest BCUT2D eigenvalue weighted by Gasteiger charge is -2.23. The molecule has 46 heavy (non-hydrogen) atoms. The smallest absolute Gasteiger partial charge is 0.232 e. The normalized spacial score (nSPS) is 17.3. The van der Waals surface area contributed by atoms with Gasteiger partial charge in [0.05, 0.1) is 12.6 Å². The number of allylic oxidation sites excluding steroid dienone is 4. The molecule has 0 radical (unpaired) electrons. The van der Waals surface area contributed by atoms with E-state index in [4.69, 9.17) is 0 Å². The summed E-state index contributed by atoms with van der Waals surface area (Å²) >= 11 is 0. The molecule has 0 aliphatic heterocycles. The average Bonchev–Trinajstić information content (AvgIpc) is 3.93. The van der Waals surface area contributed by atoms with E-state index in [1.807, 2.05) is 13.8 Å². The molecular formula is C44H55N2+. The molecule has 1 aromatic heterocycles. The number of fused-ring (bicyclic) bond motifs is 2. The van der Waals surface area contributed by atoms with E-state index in [9.17, 15) is 0 Å².